The molecule has 0 unspecified atom stereocenters. The minimum absolute atomic E-state index is 0.0120. The van der Waals surface area contributed by atoms with E-state index in [1.165, 1.54) is 13.2 Å². The number of nitrogens with one attached hydrogen (secondary N) is 3. The van der Waals surface area contributed by atoms with Crippen LogP contribution in [0.2, 0.25) is 0 Å². The lowest BCUT2D eigenvalue weighted by Gasteiger charge is -2.13. The van der Waals surface area contributed by atoms with Gasteiger partial charge in [-0.05, 0) is 60.5 Å². The summed E-state index contributed by atoms with van der Waals surface area (Å²) in [6, 6.07) is 18.6. The van der Waals surface area contributed by atoms with Gasteiger partial charge in [-0.2, -0.15) is 0 Å². The van der Waals surface area contributed by atoms with E-state index < -0.39 is 24.4 Å². The van der Waals surface area contributed by atoms with Crippen molar-refractivity contribution in [1.82, 2.24) is 10.2 Å². The number of amides is 5. The third-order valence-electron chi connectivity index (χ3n) is 5.56. The number of halogens is 1. The second-order valence-electron chi connectivity index (χ2n) is 8.52. The molecule has 11 heteroatoms. The number of ether oxygens (including phenoxy) is 2. The van der Waals surface area contributed by atoms with Crippen molar-refractivity contribution in [2.45, 2.75) is 6.92 Å². The van der Waals surface area contributed by atoms with Crippen LogP contribution >= 0.6 is 15.9 Å². The Morgan fingerprint density at radius 2 is 1.67 bits per heavy atom. The molecule has 0 bridgehead atoms. The zero-order valence-corrected chi connectivity index (χ0v) is 22.7. The standard InChI is InChI=1S/C28H25BrN4O6/c1-17-7-6-10-20(11-17)31-25(34)15-33-27(36)22(32-28(33)37)12-18-13-23(38-2)24(14-21(18)29)39-16-26(35)30-19-8-4-3-5-9-19/h3-14H,15-16H2,1-2H3,(H,30,35)(H,31,34)(H,32,37)/b22-12+. The molecule has 0 aromatic heterocycles. The average molecular weight is 593 g/mol. The number of carbonyl (C=O) groups excluding carboxylic acids is 4. The molecule has 1 aliphatic heterocycles. The quantitative estimate of drug-likeness (QED) is 0.251. The van der Waals surface area contributed by atoms with Gasteiger partial charge in [0.05, 0.1) is 7.11 Å². The molecule has 3 N–H and O–H groups in total. The maximum atomic E-state index is 12.9. The summed E-state index contributed by atoms with van der Waals surface area (Å²) in [4.78, 5) is 50.9. The molecule has 5 amide bonds. The fraction of sp³-hybridized carbons (Fsp3) is 0.143. The van der Waals surface area contributed by atoms with Crippen molar-refractivity contribution in [1.29, 1.82) is 0 Å². The first-order valence-corrected chi connectivity index (χ1v) is 12.6. The summed E-state index contributed by atoms with van der Waals surface area (Å²) in [5.74, 6) is -0.903. The number of para-hydroxylation sites is 1. The summed E-state index contributed by atoms with van der Waals surface area (Å²) in [6.07, 6.45) is 1.46. The Morgan fingerprint density at radius 1 is 0.949 bits per heavy atom. The number of hydrogen-bond donors (Lipinski definition) is 3. The van der Waals surface area contributed by atoms with Crippen LogP contribution in [-0.4, -0.2) is 48.9 Å². The highest BCUT2D eigenvalue weighted by Gasteiger charge is 2.35. The SMILES string of the molecule is COc1cc(/C=C2/NC(=O)N(CC(=O)Nc3cccc(C)c3)C2=O)c(Br)cc1OCC(=O)Nc1ccccc1. The number of imide groups is 1. The maximum Gasteiger partial charge on any atom is 0.329 e. The molecule has 3 aromatic carbocycles. The molecule has 1 heterocycles. The Morgan fingerprint density at radius 3 is 2.38 bits per heavy atom. The number of nitrogens with zero attached hydrogens (tertiary/aromatic N) is 1. The highest BCUT2D eigenvalue weighted by Crippen LogP contribution is 2.35. The lowest BCUT2D eigenvalue weighted by molar-refractivity contribution is -0.127. The Kier molecular flexibility index (Phi) is 8.62. The average Bonchev–Trinajstić information content (AvgIpc) is 3.16. The Bertz CT molecular complexity index is 1460. The molecule has 0 radical (unpaired) electrons. The predicted octanol–water partition coefficient (Wildman–Crippen LogP) is 4.32. The molecular weight excluding hydrogens is 568 g/mol. The van der Waals surface area contributed by atoms with E-state index in [4.69, 9.17) is 9.47 Å². The van der Waals surface area contributed by atoms with Gasteiger partial charge in [0, 0.05) is 15.8 Å². The topological polar surface area (TPSA) is 126 Å². The summed E-state index contributed by atoms with van der Waals surface area (Å²) in [7, 11) is 1.44. The van der Waals surface area contributed by atoms with Gasteiger partial charge >= 0.3 is 6.03 Å². The number of hydrogen-bond acceptors (Lipinski definition) is 6. The van der Waals surface area contributed by atoms with E-state index in [-0.39, 0.29) is 18.2 Å². The Balaban J connectivity index is 1.43. The van der Waals surface area contributed by atoms with E-state index in [9.17, 15) is 19.2 Å². The number of carbonyl (C=O) groups is 4. The molecule has 10 nitrogen and oxygen atoms in total. The van der Waals surface area contributed by atoms with Crippen molar-refractivity contribution in [2.24, 2.45) is 0 Å². The molecule has 0 saturated carbocycles. The van der Waals surface area contributed by atoms with E-state index in [2.05, 4.69) is 31.9 Å². The zero-order chi connectivity index (χ0) is 27.9. The number of benzene rings is 3. The van der Waals surface area contributed by atoms with Gasteiger partial charge in [-0.3, -0.25) is 14.4 Å². The van der Waals surface area contributed by atoms with Gasteiger partial charge in [0.1, 0.15) is 12.2 Å². The zero-order valence-electron chi connectivity index (χ0n) is 21.1. The second-order valence-corrected chi connectivity index (χ2v) is 9.38. The molecule has 1 fully saturated rings. The first-order chi connectivity index (χ1) is 18.7. The van der Waals surface area contributed by atoms with Gasteiger partial charge in [-0.1, -0.05) is 46.3 Å². The first kappa shape index (κ1) is 27.4. The van der Waals surface area contributed by atoms with Crippen LogP contribution in [0.3, 0.4) is 0 Å². The monoisotopic (exact) mass is 592 g/mol. The van der Waals surface area contributed by atoms with Crippen molar-refractivity contribution in [3.63, 3.8) is 0 Å². The summed E-state index contributed by atoms with van der Waals surface area (Å²) in [5, 5.41) is 7.91. The van der Waals surface area contributed by atoms with E-state index in [1.807, 2.05) is 19.1 Å². The van der Waals surface area contributed by atoms with Crippen LogP contribution in [0.4, 0.5) is 16.2 Å². The largest absolute Gasteiger partial charge is 0.493 e. The van der Waals surface area contributed by atoms with Gasteiger partial charge in [0.15, 0.2) is 18.1 Å². The second kappa shape index (κ2) is 12.3. The summed E-state index contributed by atoms with van der Waals surface area (Å²) < 4.78 is 11.6. The molecule has 1 aliphatic rings. The van der Waals surface area contributed by atoms with Crippen molar-refractivity contribution in [3.8, 4) is 11.5 Å². The van der Waals surface area contributed by atoms with Crippen molar-refractivity contribution in [3.05, 3.63) is 88.0 Å². The highest BCUT2D eigenvalue weighted by molar-refractivity contribution is 9.10. The first-order valence-electron chi connectivity index (χ1n) is 11.8. The van der Waals surface area contributed by atoms with Crippen molar-refractivity contribution in [2.75, 3.05) is 30.9 Å². The number of urea groups is 1. The molecule has 0 spiro atoms. The van der Waals surface area contributed by atoms with Crippen LogP contribution in [0.5, 0.6) is 11.5 Å². The van der Waals surface area contributed by atoms with E-state index >= 15 is 0 Å². The van der Waals surface area contributed by atoms with Crippen LogP contribution in [-0.2, 0) is 14.4 Å². The molecule has 200 valence electrons. The fourth-order valence-corrected chi connectivity index (χ4v) is 4.17. The third kappa shape index (κ3) is 7.02. The maximum absolute atomic E-state index is 12.9. The molecule has 1 saturated heterocycles. The van der Waals surface area contributed by atoms with Crippen LogP contribution in [0.15, 0.2) is 76.9 Å². The molecule has 0 aliphatic carbocycles. The van der Waals surface area contributed by atoms with E-state index in [0.717, 1.165) is 10.5 Å². The summed E-state index contributed by atoms with van der Waals surface area (Å²) >= 11 is 3.43. The van der Waals surface area contributed by atoms with Gasteiger partial charge in [0.2, 0.25) is 5.91 Å². The minimum atomic E-state index is -0.710. The van der Waals surface area contributed by atoms with Gasteiger partial charge in [-0.15, -0.1) is 0 Å². The minimum Gasteiger partial charge on any atom is -0.493 e. The molecule has 4 rings (SSSR count). The van der Waals surface area contributed by atoms with Crippen molar-refractivity contribution >= 4 is 57.1 Å². The van der Waals surface area contributed by atoms with Crippen LogP contribution in [0.25, 0.3) is 6.08 Å². The number of methoxy groups -OCH3 is 1. The Hall–Kier alpha value is -4.64. The summed E-state index contributed by atoms with van der Waals surface area (Å²) in [6.45, 7) is 1.18. The van der Waals surface area contributed by atoms with Gasteiger partial charge in [0.25, 0.3) is 11.8 Å². The third-order valence-corrected chi connectivity index (χ3v) is 6.25. The van der Waals surface area contributed by atoms with Gasteiger partial charge in [-0.25, -0.2) is 9.69 Å². The van der Waals surface area contributed by atoms with E-state index in [1.54, 1.807) is 54.6 Å². The van der Waals surface area contributed by atoms with E-state index in [0.29, 0.717) is 32.9 Å². The molecular formula is C28H25BrN4O6. The smallest absolute Gasteiger partial charge is 0.329 e. The van der Waals surface area contributed by atoms with Crippen LogP contribution in [0.1, 0.15) is 11.1 Å². The number of aryl methyl sites for hydroxylation is 1. The lowest BCUT2D eigenvalue weighted by atomic mass is 10.1. The summed E-state index contributed by atoms with van der Waals surface area (Å²) in [5.41, 5.74) is 2.66. The molecule has 3 aromatic rings. The number of anilines is 2. The fourth-order valence-electron chi connectivity index (χ4n) is 3.73. The van der Waals surface area contributed by atoms with Crippen molar-refractivity contribution < 1.29 is 28.7 Å². The molecule has 39 heavy (non-hydrogen) atoms. The van der Waals surface area contributed by atoms with Crippen LogP contribution < -0.4 is 25.4 Å². The van der Waals surface area contributed by atoms with Gasteiger partial charge < -0.3 is 25.4 Å². The normalized spacial score (nSPS) is 13.7. The van der Waals surface area contributed by atoms with Crippen LogP contribution in [0, 0.1) is 6.92 Å². The lowest BCUT2D eigenvalue weighted by Crippen LogP contribution is -2.38. The Labute approximate surface area is 233 Å². The molecule has 0 atom stereocenters. The number of rotatable bonds is 9. The highest BCUT2D eigenvalue weighted by atomic mass is 79.9. The predicted molar refractivity (Wildman–Crippen MR) is 149 cm³/mol.